The molecule has 2 aliphatic rings. The van der Waals surface area contributed by atoms with E-state index in [-0.39, 0.29) is 0 Å². The highest BCUT2D eigenvalue weighted by molar-refractivity contribution is 4.68. The second-order valence-electron chi connectivity index (χ2n) is 6.28. The van der Waals surface area contributed by atoms with E-state index >= 15 is 0 Å². The lowest BCUT2D eigenvalue weighted by atomic mass is 9.82. The lowest BCUT2D eigenvalue weighted by Crippen LogP contribution is -2.10. The van der Waals surface area contributed by atoms with E-state index in [4.69, 9.17) is 0 Å². The molecule has 0 bridgehead atoms. The molecule has 0 aromatic rings. The second kappa shape index (κ2) is 8.14. The van der Waals surface area contributed by atoms with Crippen molar-refractivity contribution in [2.45, 2.75) is 85.0 Å². The van der Waals surface area contributed by atoms with Crippen molar-refractivity contribution in [3.8, 4) is 0 Å². The van der Waals surface area contributed by atoms with Gasteiger partial charge < -0.3 is 0 Å². The lowest BCUT2D eigenvalue weighted by molar-refractivity contribution is 0.284. The van der Waals surface area contributed by atoms with Crippen LogP contribution in [0.15, 0.2) is 0 Å². The SMILES string of the molecule is CC1CCCCC1.CCC1CCC(C)CC1. The average Bonchev–Trinajstić information content (AvgIpc) is 2.32. The standard InChI is InChI=1S/C9H18.C7H14/c1-3-9-6-4-8(2)5-7-9;1-7-5-3-2-4-6-7/h8-9H,3-7H2,1-2H3;7H,2-6H2,1H3. The molecule has 2 rings (SSSR count). The molecule has 0 unspecified atom stereocenters. The first-order valence-corrected chi connectivity index (χ1v) is 7.72. The van der Waals surface area contributed by atoms with Crippen LogP contribution >= 0.6 is 0 Å². The van der Waals surface area contributed by atoms with Gasteiger partial charge in [-0.05, 0) is 17.8 Å². The zero-order chi connectivity index (χ0) is 11.8. The molecule has 0 aromatic carbocycles. The van der Waals surface area contributed by atoms with Gasteiger partial charge in [-0.3, -0.25) is 0 Å². The molecule has 0 heteroatoms. The topological polar surface area (TPSA) is 0 Å². The summed E-state index contributed by atoms with van der Waals surface area (Å²) in [5.74, 6) is 3.13. The van der Waals surface area contributed by atoms with Crippen LogP contribution in [0, 0.1) is 17.8 Å². The minimum atomic E-state index is 1.02. The fraction of sp³-hybridized carbons (Fsp3) is 1.00. The smallest absolute Gasteiger partial charge is 0.0417 e. The van der Waals surface area contributed by atoms with Crippen LogP contribution in [0.3, 0.4) is 0 Å². The largest absolute Gasteiger partial charge is 0.0651 e. The summed E-state index contributed by atoms with van der Waals surface area (Å²) in [4.78, 5) is 0. The molecule has 16 heavy (non-hydrogen) atoms. The quantitative estimate of drug-likeness (QED) is 0.527. The van der Waals surface area contributed by atoms with E-state index in [1.165, 1.54) is 64.2 Å². The minimum Gasteiger partial charge on any atom is -0.0651 e. The molecule has 0 heterocycles. The number of hydrogen-bond acceptors (Lipinski definition) is 0. The maximum atomic E-state index is 2.38. The highest BCUT2D eigenvalue weighted by atomic mass is 14.2. The van der Waals surface area contributed by atoms with E-state index in [0.717, 1.165) is 17.8 Å². The summed E-state index contributed by atoms with van der Waals surface area (Å²) in [5, 5.41) is 0. The van der Waals surface area contributed by atoms with E-state index in [1.807, 2.05) is 0 Å². The molecule has 2 aliphatic carbocycles. The van der Waals surface area contributed by atoms with Gasteiger partial charge in [0, 0.05) is 0 Å². The van der Waals surface area contributed by atoms with Crippen LogP contribution in [0.1, 0.15) is 85.0 Å². The van der Waals surface area contributed by atoms with Crippen molar-refractivity contribution in [3.63, 3.8) is 0 Å². The predicted molar refractivity (Wildman–Crippen MR) is 73.7 cm³/mol. The Hall–Kier alpha value is 0. The Morgan fingerprint density at radius 2 is 1.19 bits per heavy atom. The Labute approximate surface area is 103 Å². The van der Waals surface area contributed by atoms with Gasteiger partial charge in [0.1, 0.15) is 0 Å². The molecule has 0 atom stereocenters. The van der Waals surface area contributed by atoms with Crippen LogP contribution in [0.5, 0.6) is 0 Å². The summed E-state index contributed by atoms with van der Waals surface area (Å²) >= 11 is 0. The third-order valence-corrected chi connectivity index (χ3v) is 4.61. The fourth-order valence-corrected chi connectivity index (χ4v) is 3.04. The zero-order valence-electron chi connectivity index (χ0n) is 11.8. The van der Waals surface area contributed by atoms with Crippen LogP contribution < -0.4 is 0 Å². The van der Waals surface area contributed by atoms with Gasteiger partial charge in [-0.15, -0.1) is 0 Å². The molecule has 0 amide bonds. The molecule has 0 nitrogen and oxygen atoms in total. The average molecular weight is 224 g/mol. The maximum absolute atomic E-state index is 2.38. The van der Waals surface area contributed by atoms with Gasteiger partial charge in [0.25, 0.3) is 0 Å². The van der Waals surface area contributed by atoms with Crippen molar-refractivity contribution in [1.82, 2.24) is 0 Å². The van der Waals surface area contributed by atoms with Gasteiger partial charge in [-0.2, -0.15) is 0 Å². The van der Waals surface area contributed by atoms with Crippen LogP contribution in [-0.4, -0.2) is 0 Å². The third-order valence-electron chi connectivity index (χ3n) is 4.61. The first-order valence-electron chi connectivity index (χ1n) is 7.72. The van der Waals surface area contributed by atoms with Crippen LogP contribution in [0.25, 0.3) is 0 Å². The van der Waals surface area contributed by atoms with E-state index in [1.54, 1.807) is 0 Å². The van der Waals surface area contributed by atoms with E-state index in [9.17, 15) is 0 Å². The molecule has 0 spiro atoms. The summed E-state index contributed by atoms with van der Waals surface area (Å²) in [6.07, 6.45) is 14.8. The van der Waals surface area contributed by atoms with Gasteiger partial charge in [-0.1, -0.05) is 85.0 Å². The van der Waals surface area contributed by atoms with E-state index in [0.29, 0.717) is 0 Å². The highest BCUT2D eigenvalue weighted by Gasteiger charge is 2.15. The van der Waals surface area contributed by atoms with Gasteiger partial charge in [0.2, 0.25) is 0 Å². The van der Waals surface area contributed by atoms with Crippen molar-refractivity contribution in [2.75, 3.05) is 0 Å². The monoisotopic (exact) mass is 224 g/mol. The maximum Gasteiger partial charge on any atom is -0.0417 e. The fourth-order valence-electron chi connectivity index (χ4n) is 3.04. The van der Waals surface area contributed by atoms with E-state index < -0.39 is 0 Å². The minimum absolute atomic E-state index is 1.02. The third kappa shape index (κ3) is 5.92. The second-order valence-corrected chi connectivity index (χ2v) is 6.28. The Bertz CT molecular complexity index is 147. The lowest BCUT2D eigenvalue weighted by Gasteiger charge is -2.24. The molecule has 0 aliphatic heterocycles. The first kappa shape index (κ1) is 14.1. The molecule has 0 saturated heterocycles. The molecule has 0 N–H and O–H groups in total. The molecular formula is C16H32. The van der Waals surface area contributed by atoms with E-state index in [2.05, 4.69) is 20.8 Å². The first-order chi connectivity index (χ1) is 7.72. The normalized spacial score (nSPS) is 31.7. The number of hydrogen-bond donors (Lipinski definition) is 0. The Balaban J connectivity index is 0.000000165. The molecule has 2 saturated carbocycles. The summed E-state index contributed by atoms with van der Waals surface area (Å²) in [5.41, 5.74) is 0. The molecular weight excluding hydrogens is 192 g/mol. The van der Waals surface area contributed by atoms with Gasteiger partial charge >= 0.3 is 0 Å². The zero-order valence-corrected chi connectivity index (χ0v) is 11.8. The molecule has 96 valence electrons. The Kier molecular flexibility index (Phi) is 7.16. The van der Waals surface area contributed by atoms with Gasteiger partial charge in [0.15, 0.2) is 0 Å². The van der Waals surface area contributed by atoms with Crippen LogP contribution in [0.4, 0.5) is 0 Å². The van der Waals surface area contributed by atoms with Gasteiger partial charge in [0.05, 0.1) is 0 Å². The van der Waals surface area contributed by atoms with Crippen molar-refractivity contribution in [3.05, 3.63) is 0 Å². The van der Waals surface area contributed by atoms with Gasteiger partial charge in [-0.25, -0.2) is 0 Å². The molecule has 0 aromatic heterocycles. The highest BCUT2D eigenvalue weighted by Crippen LogP contribution is 2.29. The van der Waals surface area contributed by atoms with Crippen LogP contribution in [-0.2, 0) is 0 Å². The Morgan fingerprint density at radius 3 is 1.56 bits per heavy atom. The van der Waals surface area contributed by atoms with Crippen LogP contribution in [0.2, 0.25) is 0 Å². The predicted octanol–water partition coefficient (Wildman–Crippen LogP) is 5.81. The molecule has 2 fully saturated rings. The van der Waals surface area contributed by atoms with Crippen molar-refractivity contribution in [2.24, 2.45) is 17.8 Å². The van der Waals surface area contributed by atoms with Crippen molar-refractivity contribution >= 4 is 0 Å². The Morgan fingerprint density at radius 1 is 0.688 bits per heavy atom. The van der Waals surface area contributed by atoms with Crippen molar-refractivity contribution in [1.29, 1.82) is 0 Å². The summed E-state index contributed by atoms with van der Waals surface area (Å²) in [6.45, 7) is 7.06. The molecule has 0 radical (unpaired) electrons. The van der Waals surface area contributed by atoms with Crippen molar-refractivity contribution < 1.29 is 0 Å². The summed E-state index contributed by atoms with van der Waals surface area (Å²) < 4.78 is 0. The number of rotatable bonds is 1. The summed E-state index contributed by atoms with van der Waals surface area (Å²) in [6, 6.07) is 0. The summed E-state index contributed by atoms with van der Waals surface area (Å²) in [7, 11) is 0.